The van der Waals surface area contributed by atoms with Crippen LogP contribution in [0.4, 0.5) is 0 Å². The van der Waals surface area contributed by atoms with Gasteiger partial charge >= 0.3 is 0 Å². The summed E-state index contributed by atoms with van der Waals surface area (Å²) < 4.78 is 6.66. The molecule has 11 rings (SSSR count). The molecule has 0 amide bonds. The predicted molar refractivity (Wildman–Crippen MR) is 225 cm³/mol. The highest BCUT2D eigenvalue weighted by Gasteiger charge is 2.23. The standard InChI is InChI=1S/C51H31N3O/c1-3-12-32(13-4-1)36-24-25-42-44-21-11-20-43-41(28-29-46(48(43)44)55-47(42)31-36)40-26-27-45(39-19-10-9-18-38(39)40)51-53-49(34-15-5-2-6-16-34)52-50(54-51)37-23-22-33-14-7-8-17-35(33)30-37/h1-31H. The second kappa shape index (κ2) is 12.6. The van der Waals surface area contributed by atoms with Crippen molar-refractivity contribution >= 4 is 32.3 Å². The molecular weight excluding hydrogens is 671 g/mol. The van der Waals surface area contributed by atoms with Crippen LogP contribution in [0.5, 0.6) is 11.5 Å². The molecule has 0 bridgehead atoms. The van der Waals surface area contributed by atoms with Gasteiger partial charge in [-0.2, -0.15) is 0 Å². The Morgan fingerprint density at radius 3 is 1.69 bits per heavy atom. The van der Waals surface area contributed by atoms with Gasteiger partial charge in [-0.1, -0.05) is 158 Å². The number of hydrogen-bond donors (Lipinski definition) is 0. The first kappa shape index (κ1) is 31.1. The van der Waals surface area contributed by atoms with Crippen molar-refractivity contribution in [2.45, 2.75) is 0 Å². The van der Waals surface area contributed by atoms with E-state index in [1.807, 2.05) is 36.4 Å². The van der Waals surface area contributed by atoms with Gasteiger partial charge in [0, 0.05) is 27.6 Å². The lowest BCUT2D eigenvalue weighted by atomic mass is 9.87. The first-order valence-corrected chi connectivity index (χ1v) is 18.5. The van der Waals surface area contributed by atoms with Gasteiger partial charge in [-0.15, -0.1) is 0 Å². The van der Waals surface area contributed by atoms with Crippen LogP contribution in [0, 0.1) is 0 Å². The molecule has 1 aliphatic heterocycles. The van der Waals surface area contributed by atoms with Crippen molar-refractivity contribution in [3.63, 3.8) is 0 Å². The van der Waals surface area contributed by atoms with Crippen LogP contribution < -0.4 is 4.74 Å². The van der Waals surface area contributed by atoms with Crippen molar-refractivity contribution in [2.24, 2.45) is 0 Å². The molecule has 0 unspecified atom stereocenters. The number of ether oxygens (including phenoxy) is 1. The normalized spacial score (nSPS) is 11.8. The van der Waals surface area contributed by atoms with Crippen LogP contribution in [0.2, 0.25) is 0 Å². The average molecular weight is 702 g/mol. The third-order valence-corrected chi connectivity index (χ3v) is 10.7. The van der Waals surface area contributed by atoms with Crippen LogP contribution in [0.15, 0.2) is 188 Å². The molecule has 1 aliphatic rings. The monoisotopic (exact) mass is 701 g/mol. The summed E-state index contributed by atoms with van der Waals surface area (Å²) in [5.74, 6) is 3.66. The third kappa shape index (κ3) is 5.26. The molecule has 2 heterocycles. The van der Waals surface area contributed by atoms with Gasteiger partial charge in [-0.3, -0.25) is 0 Å². The van der Waals surface area contributed by atoms with Gasteiger partial charge in [0.15, 0.2) is 17.5 Å². The molecule has 1 aromatic heterocycles. The molecule has 256 valence electrons. The maximum atomic E-state index is 6.66. The molecule has 10 aromatic rings. The Bertz CT molecular complexity index is 3120. The Hall–Kier alpha value is -7.43. The number of hydrogen-bond acceptors (Lipinski definition) is 4. The van der Waals surface area contributed by atoms with Gasteiger partial charge in [-0.25, -0.2) is 15.0 Å². The van der Waals surface area contributed by atoms with Crippen molar-refractivity contribution in [2.75, 3.05) is 0 Å². The SMILES string of the molecule is c1ccc(-c2ccc3c(c2)Oc2ccc(-c4ccc(-c5nc(-c6ccccc6)nc(-c6ccc7ccccc7c6)n5)c5ccccc45)c4cccc-3c24)cc1. The minimum absolute atomic E-state index is 0.636. The van der Waals surface area contributed by atoms with Gasteiger partial charge in [0.05, 0.1) is 0 Å². The molecule has 0 saturated heterocycles. The summed E-state index contributed by atoms with van der Waals surface area (Å²) in [6, 6.07) is 65.7. The Balaban J connectivity index is 1.06. The van der Waals surface area contributed by atoms with Crippen LogP contribution >= 0.6 is 0 Å². The number of benzene rings is 9. The van der Waals surface area contributed by atoms with E-state index in [1.54, 1.807) is 0 Å². The summed E-state index contributed by atoms with van der Waals surface area (Å²) in [7, 11) is 0. The lowest BCUT2D eigenvalue weighted by Gasteiger charge is -2.23. The molecule has 0 saturated carbocycles. The minimum atomic E-state index is 0.636. The van der Waals surface area contributed by atoms with E-state index in [-0.39, 0.29) is 0 Å². The van der Waals surface area contributed by atoms with Crippen LogP contribution in [-0.2, 0) is 0 Å². The van der Waals surface area contributed by atoms with Gasteiger partial charge in [0.25, 0.3) is 0 Å². The molecule has 0 aliphatic carbocycles. The molecule has 4 heteroatoms. The van der Waals surface area contributed by atoms with Gasteiger partial charge in [-0.05, 0) is 85.1 Å². The van der Waals surface area contributed by atoms with E-state index in [0.29, 0.717) is 17.5 Å². The quantitative estimate of drug-likeness (QED) is 0.179. The van der Waals surface area contributed by atoms with Crippen molar-refractivity contribution in [1.82, 2.24) is 15.0 Å². The second-order valence-electron chi connectivity index (χ2n) is 14.0. The minimum Gasteiger partial charge on any atom is -0.456 e. The van der Waals surface area contributed by atoms with E-state index in [1.165, 1.54) is 16.5 Å². The molecule has 0 fully saturated rings. The second-order valence-corrected chi connectivity index (χ2v) is 14.0. The molecule has 0 atom stereocenters. The molecule has 9 aromatic carbocycles. The lowest BCUT2D eigenvalue weighted by molar-refractivity contribution is 0.487. The van der Waals surface area contributed by atoms with Crippen LogP contribution in [-0.4, -0.2) is 15.0 Å². The van der Waals surface area contributed by atoms with Crippen LogP contribution in [0.25, 0.3) is 99.9 Å². The maximum absolute atomic E-state index is 6.66. The average Bonchev–Trinajstić information content (AvgIpc) is 3.26. The van der Waals surface area contributed by atoms with Crippen molar-refractivity contribution in [1.29, 1.82) is 0 Å². The molecule has 4 nitrogen and oxygen atoms in total. The molecular formula is C51H31N3O. The van der Waals surface area contributed by atoms with E-state index in [0.717, 1.165) is 77.4 Å². The number of aromatic nitrogens is 3. The van der Waals surface area contributed by atoms with Gasteiger partial charge in [0.1, 0.15) is 11.5 Å². The summed E-state index contributed by atoms with van der Waals surface area (Å²) >= 11 is 0. The molecule has 0 spiro atoms. The Morgan fingerprint density at radius 1 is 0.291 bits per heavy atom. The van der Waals surface area contributed by atoms with E-state index < -0.39 is 0 Å². The van der Waals surface area contributed by atoms with E-state index >= 15 is 0 Å². The highest BCUT2D eigenvalue weighted by Crippen LogP contribution is 2.50. The number of nitrogens with zero attached hydrogens (tertiary/aromatic N) is 3. The summed E-state index contributed by atoms with van der Waals surface area (Å²) in [6.45, 7) is 0. The summed E-state index contributed by atoms with van der Waals surface area (Å²) in [6.07, 6.45) is 0. The van der Waals surface area contributed by atoms with Crippen molar-refractivity contribution in [3.8, 4) is 79.0 Å². The van der Waals surface area contributed by atoms with E-state index in [4.69, 9.17) is 19.7 Å². The summed E-state index contributed by atoms with van der Waals surface area (Å²) in [4.78, 5) is 15.3. The number of fused-ring (bicyclic) bond motifs is 4. The number of rotatable bonds is 5. The van der Waals surface area contributed by atoms with Crippen LogP contribution in [0.3, 0.4) is 0 Å². The maximum Gasteiger partial charge on any atom is 0.164 e. The zero-order valence-corrected chi connectivity index (χ0v) is 29.6. The smallest absolute Gasteiger partial charge is 0.164 e. The lowest BCUT2D eigenvalue weighted by Crippen LogP contribution is -2.01. The fraction of sp³-hybridized carbons (Fsp3) is 0. The molecule has 0 radical (unpaired) electrons. The Morgan fingerprint density at radius 2 is 0.873 bits per heavy atom. The van der Waals surface area contributed by atoms with Gasteiger partial charge in [0.2, 0.25) is 0 Å². The largest absolute Gasteiger partial charge is 0.456 e. The molecule has 0 N–H and O–H groups in total. The first-order valence-electron chi connectivity index (χ1n) is 18.5. The predicted octanol–water partition coefficient (Wildman–Crippen LogP) is 13.4. The Labute approximate surface area is 318 Å². The summed E-state index contributed by atoms with van der Waals surface area (Å²) in [5.41, 5.74) is 9.71. The first-order chi connectivity index (χ1) is 27.2. The zero-order chi connectivity index (χ0) is 36.3. The van der Waals surface area contributed by atoms with E-state index in [9.17, 15) is 0 Å². The topological polar surface area (TPSA) is 47.9 Å². The zero-order valence-electron chi connectivity index (χ0n) is 29.6. The molecule has 55 heavy (non-hydrogen) atoms. The summed E-state index contributed by atoms with van der Waals surface area (Å²) in [5, 5.41) is 6.79. The van der Waals surface area contributed by atoms with Crippen LogP contribution in [0.1, 0.15) is 0 Å². The highest BCUT2D eigenvalue weighted by molar-refractivity contribution is 6.14. The fourth-order valence-corrected chi connectivity index (χ4v) is 8.08. The third-order valence-electron chi connectivity index (χ3n) is 10.7. The highest BCUT2D eigenvalue weighted by atomic mass is 16.5. The van der Waals surface area contributed by atoms with Crippen molar-refractivity contribution < 1.29 is 4.74 Å². The Kier molecular flexibility index (Phi) is 7.14. The van der Waals surface area contributed by atoms with Gasteiger partial charge < -0.3 is 4.74 Å². The van der Waals surface area contributed by atoms with Crippen molar-refractivity contribution in [3.05, 3.63) is 188 Å². The van der Waals surface area contributed by atoms with E-state index in [2.05, 4.69) is 152 Å². The fourth-order valence-electron chi connectivity index (χ4n) is 8.08.